The second kappa shape index (κ2) is 9.42. The third-order valence-electron chi connectivity index (χ3n) is 4.53. The van der Waals surface area contributed by atoms with Crippen LogP contribution in [0.15, 0.2) is 54.6 Å². The van der Waals surface area contributed by atoms with E-state index in [1.807, 2.05) is 54.6 Å². The fraction of sp³-hybridized carbons (Fsp3) is 0.381. The molecule has 3 nitrogen and oxygen atoms in total. The van der Waals surface area contributed by atoms with E-state index in [2.05, 4.69) is 10.6 Å². The van der Waals surface area contributed by atoms with Gasteiger partial charge in [0, 0.05) is 11.7 Å². The molecule has 1 aliphatic rings. The van der Waals surface area contributed by atoms with Crippen LogP contribution in [0.4, 0.5) is 5.69 Å². The Labute approximate surface area is 155 Å². The highest BCUT2D eigenvalue weighted by atomic mass is 32.1. The molecule has 0 unspecified atom stereocenters. The Morgan fingerprint density at radius 2 is 1.40 bits per heavy atom. The van der Waals surface area contributed by atoms with E-state index in [0.717, 1.165) is 17.2 Å². The van der Waals surface area contributed by atoms with Crippen molar-refractivity contribution >= 4 is 23.0 Å². The predicted molar refractivity (Wildman–Crippen MR) is 108 cm³/mol. The van der Waals surface area contributed by atoms with Gasteiger partial charge in [0.2, 0.25) is 0 Å². The summed E-state index contributed by atoms with van der Waals surface area (Å²) in [7, 11) is 0. The molecule has 4 heteroatoms. The molecule has 2 N–H and O–H groups in total. The zero-order valence-electron chi connectivity index (χ0n) is 14.5. The molecule has 0 saturated heterocycles. The summed E-state index contributed by atoms with van der Waals surface area (Å²) >= 11 is 5.48. The summed E-state index contributed by atoms with van der Waals surface area (Å²) in [6.45, 7) is 0. The summed E-state index contributed by atoms with van der Waals surface area (Å²) < 4.78 is 5.81. The molecule has 0 heterocycles. The number of para-hydroxylation sites is 1. The number of nitrogens with one attached hydrogen (secondary N) is 2. The Balaban J connectivity index is 1.49. The SMILES string of the molecule is S=C(Nc1ccc(Oc2ccccc2)cc1)NC1CCCCCCC1. The minimum Gasteiger partial charge on any atom is -0.457 e. The van der Waals surface area contributed by atoms with Gasteiger partial charge in [-0.3, -0.25) is 0 Å². The van der Waals surface area contributed by atoms with Gasteiger partial charge in [-0.2, -0.15) is 0 Å². The first kappa shape index (κ1) is 17.7. The summed E-state index contributed by atoms with van der Waals surface area (Å²) in [5, 5.41) is 7.47. The van der Waals surface area contributed by atoms with Gasteiger partial charge in [0.15, 0.2) is 5.11 Å². The summed E-state index contributed by atoms with van der Waals surface area (Å²) in [4.78, 5) is 0. The van der Waals surface area contributed by atoms with E-state index in [0.29, 0.717) is 11.2 Å². The average Bonchev–Trinajstić information content (AvgIpc) is 2.60. The maximum atomic E-state index is 5.81. The van der Waals surface area contributed by atoms with Crippen LogP contribution in [0.3, 0.4) is 0 Å². The van der Waals surface area contributed by atoms with Crippen LogP contribution < -0.4 is 15.4 Å². The molecule has 25 heavy (non-hydrogen) atoms. The Kier molecular flexibility index (Phi) is 6.69. The average molecular weight is 355 g/mol. The molecule has 0 aromatic heterocycles. The fourth-order valence-corrected chi connectivity index (χ4v) is 3.47. The minimum atomic E-state index is 0.501. The molecule has 2 aromatic carbocycles. The van der Waals surface area contributed by atoms with Gasteiger partial charge in [0.1, 0.15) is 11.5 Å². The smallest absolute Gasteiger partial charge is 0.170 e. The summed E-state index contributed by atoms with van der Waals surface area (Å²) in [6.07, 6.45) is 9.10. The van der Waals surface area contributed by atoms with Crippen LogP contribution in [0.5, 0.6) is 11.5 Å². The highest BCUT2D eigenvalue weighted by Crippen LogP contribution is 2.23. The molecule has 0 radical (unpaired) electrons. The molecule has 0 spiro atoms. The fourth-order valence-electron chi connectivity index (χ4n) is 3.18. The number of benzene rings is 2. The number of thiocarbonyl (C=S) groups is 1. The van der Waals surface area contributed by atoms with Crippen molar-refractivity contribution in [2.45, 2.75) is 51.0 Å². The topological polar surface area (TPSA) is 33.3 Å². The van der Waals surface area contributed by atoms with Crippen LogP contribution in [0, 0.1) is 0 Å². The lowest BCUT2D eigenvalue weighted by Gasteiger charge is -2.22. The van der Waals surface area contributed by atoms with Crippen LogP contribution >= 0.6 is 12.2 Å². The first-order valence-electron chi connectivity index (χ1n) is 9.20. The monoisotopic (exact) mass is 354 g/mol. The highest BCUT2D eigenvalue weighted by Gasteiger charge is 2.12. The van der Waals surface area contributed by atoms with Gasteiger partial charge in [0.25, 0.3) is 0 Å². The lowest BCUT2D eigenvalue weighted by Crippen LogP contribution is -2.38. The molecule has 3 rings (SSSR count). The largest absolute Gasteiger partial charge is 0.457 e. The Bertz CT molecular complexity index is 649. The molecule has 2 aromatic rings. The van der Waals surface area contributed by atoms with E-state index < -0.39 is 0 Å². The van der Waals surface area contributed by atoms with Crippen LogP contribution in [0.1, 0.15) is 44.9 Å². The second-order valence-electron chi connectivity index (χ2n) is 6.58. The first-order chi connectivity index (χ1) is 12.3. The van der Waals surface area contributed by atoms with Crippen molar-refractivity contribution in [1.82, 2.24) is 5.32 Å². The van der Waals surface area contributed by atoms with Gasteiger partial charge in [-0.1, -0.05) is 50.3 Å². The number of hydrogen-bond donors (Lipinski definition) is 2. The van der Waals surface area contributed by atoms with E-state index in [-0.39, 0.29) is 0 Å². The van der Waals surface area contributed by atoms with Crippen LogP contribution in [0.2, 0.25) is 0 Å². The maximum Gasteiger partial charge on any atom is 0.170 e. The van der Waals surface area contributed by atoms with Gasteiger partial charge in [-0.25, -0.2) is 0 Å². The number of hydrogen-bond acceptors (Lipinski definition) is 2. The zero-order valence-corrected chi connectivity index (χ0v) is 15.4. The number of ether oxygens (including phenoxy) is 1. The van der Waals surface area contributed by atoms with E-state index in [9.17, 15) is 0 Å². The Morgan fingerprint density at radius 1 is 0.800 bits per heavy atom. The number of rotatable bonds is 4. The van der Waals surface area contributed by atoms with Crippen LogP contribution in [-0.4, -0.2) is 11.2 Å². The summed E-state index contributed by atoms with van der Waals surface area (Å²) in [6, 6.07) is 18.2. The van der Waals surface area contributed by atoms with Crippen molar-refractivity contribution in [3.63, 3.8) is 0 Å². The van der Waals surface area contributed by atoms with Gasteiger partial charge in [0.05, 0.1) is 0 Å². The molecule has 0 atom stereocenters. The quantitative estimate of drug-likeness (QED) is 0.672. The zero-order chi connectivity index (χ0) is 17.3. The van der Waals surface area contributed by atoms with E-state index in [1.54, 1.807) is 0 Å². The maximum absolute atomic E-state index is 5.81. The predicted octanol–water partition coefficient (Wildman–Crippen LogP) is 5.88. The lowest BCUT2D eigenvalue weighted by molar-refractivity contribution is 0.430. The van der Waals surface area contributed by atoms with E-state index in [4.69, 9.17) is 17.0 Å². The van der Waals surface area contributed by atoms with Gasteiger partial charge >= 0.3 is 0 Å². The molecular formula is C21H26N2OS. The van der Waals surface area contributed by atoms with Crippen LogP contribution in [-0.2, 0) is 0 Å². The van der Waals surface area contributed by atoms with Crippen molar-refractivity contribution in [2.75, 3.05) is 5.32 Å². The third kappa shape index (κ3) is 6.05. The van der Waals surface area contributed by atoms with Crippen molar-refractivity contribution < 1.29 is 4.74 Å². The molecule has 132 valence electrons. The lowest BCUT2D eigenvalue weighted by atomic mass is 9.97. The van der Waals surface area contributed by atoms with E-state index in [1.165, 1.54) is 44.9 Å². The second-order valence-corrected chi connectivity index (χ2v) is 6.99. The summed E-state index contributed by atoms with van der Waals surface area (Å²) in [5.41, 5.74) is 0.976. The van der Waals surface area contributed by atoms with Crippen molar-refractivity contribution in [2.24, 2.45) is 0 Å². The highest BCUT2D eigenvalue weighted by molar-refractivity contribution is 7.80. The molecule has 0 aliphatic heterocycles. The van der Waals surface area contributed by atoms with Crippen molar-refractivity contribution in [1.29, 1.82) is 0 Å². The molecule has 1 fully saturated rings. The third-order valence-corrected chi connectivity index (χ3v) is 4.75. The van der Waals surface area contributed by atoms with Gasteiger partial charge in [-0.15, -0.1) is 0 Å². The van der Waals surface area contributed by atoms with Crippen molar-refractivity contribution in [3.8, 4) is 11.5 Å². The van der Waals surface area contributed by atoms with E-state index >= 15 is 0 Å². The van der Waals surface area contributed by atoms with Crippen molar-refractivity contribution in [3.05, 3.63) is 54.6 Å². The number of anilines is 1. The summed E-state index contributed by atoms with van der Waals surface area (Å²) in [5.74, 6) is 1.65. The standard InChI is InChI=1S/C21H26N2OS/c25-21(22-17-9-5-2-1-3-6-10-17)23-18-13-15-20(16-14-18)24-19-11-7-4-8-12-19/h4,7-8,11-17H,1-3,5-6,9-10H2,(H2,22,23,25). The van der Waals surface area contributed by atoms with Gasteiger partial charge < -0.3 is 15.4 Å². The molecule has 0 bridgehead atoms. The minimum absolute atomic E-state index is 0.501. The Morgan fingerprint density at radius 3 is 2.08 bits per heavy atom. The Hall–Kier alpha value is -2.07. The first-order valence-corrected chi connectivity index (χ1v) is 9.61. The molecule has 0 amide bonds. The van der Waals surface area contributed by atoms with Crippen LogP contribution in [0.25, 0.3) is 0 Å². The molecule has 1 saturated carbocycles. The van der Waals surface area contributed by atoms with Gasteiger partial charge in [-0.05, 0) is 61.5 Å². The normalized spacial score (nSPS) is 15.7. The molecular weight excluding hydrogens is 328 g/mol. The molecule has 1 aliphatic carbocycles.